The fourth-order valence-corrected chi connectivity index (χ4v) is 4.73. The van der Waals surface area contributed by atoms with Gasteiger partial charge in [0.25, 0.3) is 0 Å². The summed E-state index contributed by atoms with van der Waals surface area (Å²) in [5.74, 6) is 0.956. The number of aromatic amines is 1. The molecule has 0 saturated heterocycles. The molecule has 126 valence electrons. The standard InChI is InChI=1S/C18H12N6OSe/c25-17-12-8-4-5-9-13(12)26-24(17)18-22-15-14(19-10-20-15)16(23-18)21-11-6-2-1-3-7-11/h1-10H,(H2,19,20,21,22,23). The second kappa shape index (κ2) is 5.94. The molecule has 0 bridgehead atoms. The number of nitrogens with zero attached hydrogens (tertiary/aromatic N) is 4. The van der Waals surface area contributed by atoms with Crippen molar-refractivity contribution < 1.29 is 0 Å². The van der Waals surface area contributed by atoms with E-state index in [1.165, 1.54) is 0 Å². The molecule has 0 aliphatic rings. The van der Waals surface area contributed by atoms with Gasteiger partial charge in [-0.2, -0.15) is 0 Å². The van der Waals surface area contributed by atoms with Gasteiger partial charge in [0.1, 0.15) is 0 Å². The number of hydrogen-bond acceptors (Lipinski definition) is 5. The van der Waals surface area contributed by atoms with Crippen LogP contribution >= 0.6 is 0 Å². The maximum atomic E-state index is 12.8. The molecule has 0 aliphatic carbocycles. The summed E-state index contributed by atoms with van der Waals surface area (Å²) in [5.41, 5.74) is 2.05. The Morgan fingerprint density at radius 1 is 1.00 bits per heavy atom. The molecule has 0 amide bonds. The number of anilines is 2. The summed E-state index contributed by atoms with van der Waals surface area (Å²) in [6.45, 7) is 0. The minimum atomic E-state index is -0.193. The van der Waals surface area contributed by atoms with Gasteiger partial charge in [-0.1, -0.05) is 0 Å². The molecule has 26 heavy (non-hydrogen) atoms. The number of rotatable bonds is 3. The van der Waals surface area contributed by atoms with Crippen LogP contribution in [0.2, 0.25) is 0 Å². The summed E-state index contributed by atoms with van der Waals surface area (Å²) in [6, 6.07) is 17.4. The van der Waals surface area contributed by atoms with Gasteiger partial charge in [0, 0.05) is 0 Å². The predicted molar refractivity (Wildman–Crippen MR) is 101 cm³/mol. The van der Waals surface area contributed by atoms with Gasteiger partial charge in [0.15, 0.2) is 0 Å². The first-order valence-corrected chi connectivity index (χ1v) is 9.56. The van der Waals surface area contributed by atoms with Crippen LogP contribution < -0.4 is 10.9 Å². The molecule has 0 saturated carbocycles. The van der Waals surface area contributed by atoms with E-state index in [2.05, 4.69) is 25.3 Å². The molecule has 3 aromatic heterocycles. The average Bonchev–Trinajstić information content (AvgIpc) is 3.28. The molecular weight excluding hydrogens is 395 g/mol. The van der Waals surface area contributed by atoms with Crippen molar-refractivity contribution in [1.29, 1.82) is 0 Å². The molecule has 7 nitrogen and oxygen atoms in total. The van der Waals surface area contributed by atoms with E-state index in [9.17, 15) is 4.79 Å². The Kier molecular flexibility index (Phi) is 3.44. The van der Waals surface area contributed by atoms with Gasteiger partial charge in [0.2, 0.25) is 0 Å². The second-order valence-electron chi connectivity index (χ2n) is 5.65. The Labute approximate surface area is 153 Å². The molecule has 0 atom stereocenters. The van der Waals surface area contributed by atoms with Crippen LogP contribution in [0.3, 0.4) is 0 Å². The summed E-state index contributed by atoms with van der Waals surface area (Å²) < 4.78 is 2.68. The van der Waals surface area contributed by atoms with E-state index >= 15 is 0 Å². The first-order chi connectivity index (χ1) is 12.8. The molecule has 0 radical (unpaired) electrons. The van der Waals surface area contributed by atoms with Crippen LogP contribution in [0.25, 0.3) is 26.8 Å². The van der Waals surface area contributed by atoms with Crippen molar-refractivity contribution in [2.75, 3.05) is 5.32 Å². The van der Waals surface area contributed by atoms with Crippen LogP contribution in [0.4, 0.5) is 11.5 Å². The van der Waals surface area contributed by atoms with Crippen molar-refractivity contribution >= 4 is 47.0 Å². The topological polar surface area (TPSA) is 88.5 Å². The predicted octanol–water partition coefficient (Wildman–Crippen LogP) is 2.46. The van der Waals surface area contributed by atoms with Gasteiger partial charge in [0.05, 0.1) is 0 Å². The van der Waals surface area contributed by atoms with E-state index < -0.39 is 0 Å². The van der Waals surface area contributed by atoms with Gasteiger partial charge >= 0.3 is 153 Å². The first-order valence-electron chi connectivity index (χ1n) is 7.94. The van der Waals surface area contributed by atoms with Gasteiger partial charge in [-0.25, -0.2) is 0 Å². The summed E-state index contributed by atoms with van der Waals surface area (Å²) in [6.07, 6.45) is 1.57. The van der Waals surface area contributed by atoms with Gasteiger partial charge < -0.3 is 0 Å². The summed E-state index contributed by atoms with van der Waals surface area (Å²) in [5, 5.41) is 4.00. The van der Waals surface area contributed by atoms with Crippen molar-refractivity contribution in [2.45, 2.75) is 0 Å². The van der Waals surface area contributed by atoms with E-state index in [1.54, 1.807) is 9.89 Å². The van der Waals surface area contributed by atoms with Crippen molar-refractivity contribution in [3.8, 4) is 5.95 Å². The Hall–Kier alpha value is -3.22. The van der Waals surface area contributed by atoms with Crippen molar-refractivity contribution in [3.63, 3.8) is 0 Å². The molecule has 0 unspecified atom stereocenters. The molecule has 3 heterocycles. The van der Waals surface area contributed by atoms with E-state index in [4.69, 9.17) is 0 Å². The number of nitrogens with one attached hydrogen (secondary N) is 2. The zero-order valence-corrected chi connectivity index (χ0v) is 15.1. The van der Waals surface area contributed by atoms with Crippen molar-refractivity contribution in [2.24, 2.45) is 0 Å². The number of benzene rings is 2. The normalized spacial score (nSPS) is 11.2. The van der Waals surface area contributed by atoms with Crippen LogP contribution in [-0.2, 0) is 0 Å². The number of aromatic nitrogens is 5. The van der Waals surface area contributed by atoms with Crippen LogP contribution in [0, 0.1) is 0 Å². The third kappa shape index (κ3) is 2.44. The van der Waals surface area contributed by atoms with E-state index in [1.807, 2.05) is 54.6 Å². The van der Waals surface area contributed by atoms with Crippen LogP contribution in [0.15, 0.2) is 65.7 Å². The summed E-state index contributed by atoms with van der Waals surface area (Å²) in [7, 11) is 0. The minimum absolute atomic E-state index is 0.0684. The Morgan fingerprint density at radius 2 is 1.81 bits per heavy atom. The quantitative estimate of drug-likeness (QED) is 0.449. The molecule has 0 fully saturated rings. The zero-order chi connectivity index (χ0) is 17.5. The van der Waals surface area contributed by atoms with E-state index in [0.717, 1.165) is 15.3 Å². The monoisotopic (exact) mass is 408 g/mol. The Morgan fingerprint density at radius 3 is 2.65 bits per heavy atom. The number of H-pyrrole nitrogens is 1. The van der Waals surface area contributed by atoms with E-state index in [0.29, 0.717) is 22.9 Å². The molecule has 5 rings (SSSR count). The molecule has 2 aromatic carbocycles. The van der Waals surface area contributed by atoms with Crippen LogP contribution in [0.5, 0.6) is 0 Å². The van der Waals surface area contributed by atoms with Gasteiger partial charge in [-0.05, 0) is 0 Å². The van der Waals surface area contributed by atoms with Gasteiger partial charge in [-0.3, -0.25) is 0 Å². The molecule has 0 spiro atoms. The Bertz CT molecular complexity index is 1290. The molecule has 2 N–H and O–H groups in total. The molecular formula is C18H12N6OSe. The number of imidazole rings is 1. The number of para-hydroxylation sites is 1. The van der Waals surface area contributed by atoms with Crippen molar-refractivity contribution in [1.82, 2.24) is 23.5 Å². The van der Waals surface area contributed by atoms with Gasteiger partial charge in [-0.15, -0.1) is 0 Å². The maximum absolute atomic E-state index is 12.8. The molecule has 0 aliphatic heterocycles. The first kappa shape index (κ1) is 15.1. The summed E-state index contributed by atoms with van der Waals surface area (Å²) >= 11 is -0.193. The third-order valence-electron chi connectivity index (χ3n) is 3.98. The second-order valence-corrected chi connectivity index (χ2v) is 7.72. The third-order valence-corrected chi connectivity index (χ3v) is 6.22. The number of hydrogen-bond donors (Lipinski definition) is 2. The summed E-state index contributed by atoms with van der Waals surface area (Å²) in [4.78, 5) is 29.2. The molecule has 5 aromatic rings. The number of fused-ring (bicyclic) bond motifs is 2. The fraction of sp³-hybridized carbons (Fsp3) is 0. The van der Waals surface area contributed by atoms with Crippen LogP contribution in [0.1, 0.15) is 0 Å². The Balaban J connectivity index is 1.71. The van der Waals surface area contributed by atoms with E-state index in [-0.39, 0.29) is 20.3 Å². The SMILES string of the molecule is O=c1c2ccccc2[se]n1-c1nc(Nc2ccccc2)c2[nH]cnc2n1. The van der Waals surface area contributed by atoms with Crippen LogP contribution in [-0.4, -0.2) is 38.2 Å². The fourth-order valence-electron chi connectivity index (χ4n) is 2.76. The van der Waals surface area contributed by atoms with Crippen molar-refractivity contribution in [3.05, 3.63) is 71.3 Å². The average molecular weight is 407 g/mol. The zero-order valence-electron chi connectivity index (χ0n) is 13.4. The molecule has 8 heteroatoms.